The van der Waals surface area contributed by atoms with Gasteiger partial charge >= 0.3 is 0 Å². The zero-order valence-corrected chi connectivity index (χ0v) is 11.4. The Morgan fingerprint density at radius 1 is 1.21 bits per heavy atom. The molecule has 0 saturated heterocycles. The minimum Gasteiger partial charge on any atom is -0.354 e. The van der Waals surface area contributed by atoms with Gasteiger partial charge < -0.3 is 9.55 Å². The van der Waals surface area contributed by atoms with Gasteiger partial charge in [0.2, 0.25) is 0 Å². The Kier molecular flexibility index (Phi) is 2.90. The van der Waals surface area contributed by atoms with Crippen LogP contribution in [-0.4, -0.2) is 9.55 Å². The Balaban J connectivity index is 2.34. The van der Waals surface area contributed by atoms with Crippen molar-refractivity contribution in [1.82, 2.24) is 9.55 Å². The summed E-state index contributed by atoms with van der Waals surface area (Å²) in [6.07, 6.45) is 3.31. The van der Waals surface area contributed by atoms with Gasteiger partial charge in [-0.25, -0.2) is 0 Å². The summed E-state index contributed by atoms with van der Waals surface area (Å²) in [7, 11) is 1.83. The molecule has 2 heterocycles. The van der Waals surface area contributed by atoms with Crippen LogP contribution in [0.15, 0.2) is 35.1 Å². The van der Waals surface area contributed by atoms with Crippen LogP contribution in [0.1, 0.15) is 25.5 Å². The monoisotopic (exact) mass is 254 g/mol. The smallest absolute Gasteiger partial charge is 0.275 e. The number of aryl methyl sites for hydroxylation is 2. The van der Waals surface area contributed by atoms with E-state index in [4.69, 9.17) is 0 Å². The second kappa shape index (κ2) is 4.57. The molecule has 1 aromatic carbocycles. The number of para-hydroxylation sites is 1. The summed E-state index contributed by atoms with van der Waals surface area (Å²) in [5.41, 5.74) is 2.93. The molecule has 0 amide bonds. The fourth-order valence-electron chi connectivity index (χ4n) is 2.66. The molecule has 0 radical (unpaired) electrons. The van der Waals surface area contributed by atoms with E-state index in [1.807, 2.05) is 25.2 Å². The average molecular weight is 254 g/mol. The predicted octanol–water partition coefficient (Wildman–Crippen LogP) is 3.36. The first-order valence-corrected chi connectivity index (χ1v) is 6.81. The van der Waals surface area contributed by atoms with Crippen LogP contribution in [0.2, 0.25) is 0 Å². The molecular weight excluding hydrogens is 236 g/mol. The maximum Gasteiger partial charge on any atom is 0.275 e. The molecular formula is C16H18N2O. The number of aromatic amines is 1. The van der Waals surface area contributed by atoms with Crippen molar-refractivity contribution in [3.05, 3.63) is 46.4 Å². The molecule has 0 spiro atoms. The second-order valence-electron chi connectivity index (χ2n) is 5.07. The number of unbranched alkanes of at least 4 members (excludes halogenated alkanes) is 1. The fourth-order valence-corrected chi connectivity index (χ4v) is 2.66. The second-order valence-corrected chi connectivity index (χ2v) is 5.07. The third kappa shape index (κ3) is 1.86. The van der Waals surface area contributed by atoms with E-state index >= 15 is 0 Å². The first-order valence-electron chi connectivity index (χ1n) is 6.81. The van der Waals surface area contributed by atoms with Crippen LogP contribution in [-0.2, 0) is 13.5 Å². The van der Waals surface area contributed by atoms with Gasteiger partial charge in [0.25, 0.3) is 5.56 Å². The van der Waals surface area contributed by atoms with Crippen LogP contribution in [0, 0.1) is 0 Å². The molecule has 3 rings (SSSR count). The van der Waals surface area contributed by atoms with Gasteiger partial charge in [-0.3, -0.25) is 4.79 Å². The van der Waals surface area contributed by atoms with Crippen molar-refractivity contribution in [2.45, 2.75) is 26.2 Å². The number of H-pyrrole nitrogens is 1. The summed E-state index contributed by atoms with van der Waals surface area (Å²) in [6, 6.07) is 10.2. The van der Waals surface area contributed by atoms with Crippen LogP contribution in [0.3, 0.4) is 0 Å². The summed E-state index contributed by atoms with van der Waals surface area (Å²) >= 11 is 0. The quantitative estimate of drug-likeness (QED) is 0.764. The van der Waals surface area contributed by atoms with E-state index in [1.165, 1.54) is 0 Å². The van der Waals surface area contributed by atoms with Crippen LogP contribution >= 0.6 is 0 Å². The molecule has 0 bridgehead atoms. The van der Waals surface area contributed by atoms with Gasteiger partial charge in [0.05, 0.1) is 5.52 Å². The molecule has 3 nitrogen and oxygen atoms in total. The number of nitrogens with zero attached hydrogens (tertiary/aromatic N) is 1. The molecule has 3 heteroatoms. The number of hydrogen-bond acceptors (Lipinski definition) is 1. The summed E-state index contributed by atoms with van der Waals surface area (Å²) in [6.45, 7) is 2.18. The minimum atomic E-state index is 0.0523. The Hall–Kier alpha value is -2.03. The summed E-state index contributed by atoms with van der Waals surface area (Å²) in [5.74, 6) is 0. The third-order valence-corrected chi connectivity index (χ3v) is 3.75. The van der Waals surface area contributed by atoms with Gasteiger partial charge in [0.15, 0.2) is 0 Å². The number of nitrogens with one attached hydrogen (secondary N) is 1. The standard InChI is InChI=1S/C16H18N2O/c1-3-4-7-11-10-13-12-8-5-6-9-14(12)18(2)16(19)15(13)17-11/h5-6,8-10,17H,3-4,7H2,1-2H3. The molecule has 0 saturated carbocycles. The van der Waals surface area contributed by atoms with Crippen molar-refractivity contribution in [1.29, 1.82) is 0 Å². The molecule has 2 aromatic heterocycles. The van der Waals surface area contributed by atoms with Gasteiger partial charge in [0, 0.05) is 23.5 Å². The van der Waals surface area contributed by atoms with Gasteiger partial charge in [0.1, 0.15) is 5.52 Å². The number of aromatic nitrogens is 2. The highest BCUT2D eigenvalue weighted by Crippen LogP contribution is 2.23. The van der Waals surface area contributed by atoms with Crippen LogP contribution in [0.5, 0.6) is 0 Å². The minimum absolute atomic E-state index is 0.0523. The van der Waals surface area contributed by atoms with Crippen molar-refractivity contribution in [3.63, 3.8) is 0 Å². The fraction of sp³-hybridized carbons (Fsp3) is 0.312. The highest BCUT2D eigenvalue weighted by Gasteiger charge is 2.10. The molecule has 0 unspecified atom stereocenters. The molecule has 0 aliphatic carbocycles. The lowest BCUT2D eigenvalue weighted by molar-refractivity contribution is 0.782. The van der Waals surface area contributed by atoms with Crippen molar-refractivity contribution in [2.24, 2.45) is 7.05 Å². The van der Waals surface area contributed by atoms with E-state index in [0.29, 0.717) is 0 Å². The van der Waals surface area contributed by atoms with E-state index < -0.39 is 0 Å². The number of fused-ring (bicyclic) bond motifs is 3. The maximum atomic E-state index is 12.4. The molecule has 3 aromatic rings. The molecule has 0 aliphatic heterocycles. The molecule has 0 fully saturated rings. The average Bonchev–Trinajstić information content (AvgIpc) is 2.87. The zero-order valence-electron chi connectivity index (χ0n) is 11.4. The van der Waals surface area contributed by atoms with Gasteiger partial charge in [-0.1, -0.05) is 31.5 Å². The van der Waals surface area contributed by atoms with Crippen LogP contribution in [0.25, 0.3) is 21.8 Å². The van der Waals surface area contributed by atoms with E-state index in [9.17, 15) is 4.79 Å². The number of rotatable bonds is 3. The van der Waals surface area contributed by atoms with E-state index in [1.54, 1.807) is 4.57 Å². The van der Waals surface area contributed by atoms with Crippen molar-refractivity contribution in [2.75, 3.05) is 0 Å². The lowest BCUT2D eigenvalue weighted by Gasteiger charge is -2.05. The van der Waals surface area contributed by atoms with Gasteiger partial charge in [-0.15, -0.1) is 0 Å². The molecule has 0 atom stereocenters. The van der Waals surface area contributed by atoms with Crippen molar-refractivity contribution in [3.8, 4) is 0 Å². The topological polar surface area (TPSA) is 37.8 Å². The SMILES string of the molecule is CCCCc1cc2c([nH]1)c(=O)n(C)c1ccccc21. The molecule has 98 valence electrons. The first kappa shape index (κ1) is 12.0. The lowest BCUT2D eigenvalue weighted by atomic mass is 10.1. The van der Waals surface area contributed by atoms with E-state index in [2.05, 4.69) is 24.0 Å². The number of benzene rings is 1. The molecule has 1 N–H and O–H groups in total. The summed E-state index contributed by atoms with van der Waals surface area (Å²) in [5, 5.41) is 2.18. The molecule has 19 heavy (non-hydrogen) atoms. The number of hydrogen-bond donors (Lipinski definition) is 1. The van der Waals surface area contributed by atoms with Crippen LogP contribution < -0.4 is 5.56 Å². The Morgan fingerprint density at radius 2 is 2.00 bits per heavy atom. The Bertz CT molecular complexity index is 795. The van der Waals surface area contributed by atoms with Crippen molar-refractivity contribution < 1.29 is 0 Å². The zero-order chi connectivity index (χ0) is 13.4. The van der Waals surface area contributed by atoms with Gasteiger partial charge in [-0.05, 0) is 25.0 Å². The van der Waals surface area contributed by atoms with Crippen LogP contribution in [0.4, 0.5) is 0 Å². The predicted molar refractivity (Wildman–Crippen MR) is 79.7 cm³/mol. The normalized spacial score (nSPS) is 11.5. The van der Waals surface area contributed by atoms with E-state index in [-0.39, 0.29) is 5.56 Å². The maximum absolute atomic E-state index is 12.4. The first-order chi connectivity index (χ1) is 9.22. The largest absolute Gasteiger partial charge is 0.354 e. The third-order valence-electron chi connectivity index (χ3n) is 3.75. The van der Waals surface area contributed by atoms with E-state index in [0.717, 1.165) is 46.8 Å². The number of pyridine rings is 1. The summed E-state index contributed by atoms with van der Waals surface area (Å²) < 4.78 is 1.72. The lowest BCUT2D eigenvalue weighted by Crippen LogP contribution is -2.17. The Labute approximate surface area is 111 Å². The Morgan fingerprint density at radius 3 is 2.79 bits per heavy atom. The summed E-state index contributed by atoms with van der Waals surface area (Å²) in [4.78, 5) is 15.7. The highest BCUT2D eigenvalue weighted by molar-refractivity contribution is 6.04. The highest BCUT2D eigenvalue weighted by atomic mass is 16.1. The molecule has 0 aliphatic rings. The van der Waals surface area contributed by atoms with Gasteiger partial charge in [-0.2, -0.15) is 0 Å². The van der Waals surface area contributed by atoms with Crippen molar-refractivity contribution >= 4 is 21.8 Å².